The second-order valence-electron chi connectivity index (χ2n) is 3.49. The smallest absolute Gasteiger partial charge is 0.253 e. The van der Waals surface area contributed by atoms with Crippen molar-refractivity contribution in [2.45, 2.75) is 6.92 Å². The maximum absolute atomic E-state index is 11.8. The van der Waals surface area contributed by atoms with Crippen LogP contribution in [0.1, 0.15) is 15.9 Å². The van der Waals surface area contributed by atoms with E-state index in [4.69, 9.17) is 18.0 Å². The summed E-state index contributed by atoms with van der Waals surface area (Å²) < 4.78 is 0. The van der Waals surface area contributed by atoms with Crippen LogP contribution in [-0.4, -0.2) is 29.4 Å². The number of aryl methyl sites for hydroxylation is 1. The fraction of sp³-hybridized carbons (Fsp3) is 0.273. The van der Waals surface area contributed by atoms with E-state index in [1.54, 1.807) is 19.2 Å². The molecule has 1 aromatic carbocycles. The molecule has 3 nitrogen and oxygen atoms in total. The number of benzene rings is 1. The number of nitrogens with two attached hydrogens (primary N) is 1. The van der Waals surface area contributed by atoms with Gasteiger partial charge in [0.15, 0.2) is 0 Å². The molecule has 80 valence electrons. The number of carbonyl (C=O) groups is 1. The lowest BCUT2D eigenvalue weighted by molar-refractivity contribution is 0.0815. The van der Waals surface area contributed by atoms with Gasteiger partial charge in [-0.3, -0.25) is 4.79 Å². The molecule has 0 saturated carbocycles. The third-order valence-electron chi connectivity index (χ3n) is 2.04. The van der Waals surface area contributed by atoms with Crippen molar-refractivity contribution in [1.29, 1.82) is 0 Å². The minimum absolute atomic E-state index is 0.0669. The van der Waals surface area contributed by atoms with E-state index in [2.05, 4.69) is 0 Å². The topological polar surface area (TPSA) is 46.3 Å². The summed E-state index contributed by atoms with van der Waals surface area (Å²) in [5, 5.41) is 0. The number of thiocarbonyl (C=S) groups is 1. The summed E-state index contributed by atoms with van der Waals surface area (Å²) in [4.78, 5) is 13.6. The molecule has 0 fully saturated rings. The summed E-state index contributed by atoms with van der Waals surface area (Å²) in [7, 11) is 1.68. The molecule has 1 amide bonds. The first-order valence-corrected chi connectivity index (χ1v) is 5.02. The monoisotopic (exact) mass is 222 g/mol. The van der Waals surface area contributed by atoms with Gasteiger partial charge in [0.1, 0.15) is 0 Å². The number of amides is 1. The lowest BCUT2D eigenvalue weighted by Gasteiger charge is -2.16. The highest BCUT2D eigenvalue weighted by atomic mass is 32.1. The molecular weight excluding hydrogens is 208 g/mol. The summed E-state index contributed by atoms with van der Waals surface area (Å²) >= 11 is 4.75. The van der Waals surface area contributed by atoms with Gasteiger partial charge in [-0.1, -0.05) is 29.9 Å². The minimum atomic E-state index is -0.0669. The Morgan fingerprint density at radius 1 is 1.40 bits per heavy atom. The van der Waals surface area contributed by atoms with Gasteiger partial charge in [0, 0.05) is 12.6 Å². The molecule has 15 heavy (non-hydrogen) atoms. The van der Waals surface area contributed by atoms with Crippen LogP contribution in [-0.2, 0) is 0 Å². The summed E-state index contributed by atoms with van der Waals surface area (Å²) in [6.07, 6.45) is 0. The molecule has 0 atom stereocenters. The Balaban J connectivity index is 2.76. The molecule has 1 rings (SSSR count). The highest BCUT2D eigenvalue weighted by Crippen LogP contribution is 2.05. The molecule has 0 heterocycles. The van der Waals surface area contributed by atoms with E-state index >= 15 is 0 Å². The van der Waals surface area contributed by atoms with Gasteiger partial charge < -0.3 is 10.6 Å². The van der Waals surface area contributed by atoms with Crippen LogP contribution in [0.4, 0.5) is 0 Å². The highest BCUT2D eigenvalue weighted by Gasteiger charge is 2.11. The fourth-order valence-corrected chi connectivity index (χ4v) is 1.42. The molecule has 4 heteroatoms. The average molecular weight is 222 g/mol. The molecule has 0 spiro atoms. The standard InChI is InChI=1S/C11H14N2OS/c1-8-3-5-9(6-4-8)11(14)13(2)7-10(12)15/h3-6H,7H2,1-2H3,(H2,12,15). The Morgan fingerprint density at radius 2 is 1.93 bits per heavy atom. The van der Waals surface area contributed by atoms with Crippen LogP contribution < -0.4 is 5.73 Å². The summed E-state index contributed by atoms with van der Waals surface area (Å²) in [5.41, 5.74) is 7.15. The van der Waals surface area contributed by atoms with Crippen LogP contribution in [0.25, 0.3) is 0 Å². The summed E-state index contributed by atoms with van der Waals surface area (Å²) in [6.45, 7) is 2.29. The molecule has 2 N–H and O–H groups in total. The van der Waals surface area contributed by atoms with Crippen molar-refractivity contribution < 1.29 is 4.79 Å². The van der Waals surface area contributed by atoms with Crippen LogP contribution in [0.3, 0.4) is 0 Å². The lowest BCUT2D eigenvalue weighted by atomic mass is 10.1. The zero-order valence-electron chi connectivity index (χ0n) is 8.86. The van der Waals surface area contributed by atoms with E-state index in [0.29, 0.717) is 17.1 Å². The Labute approximate surface area is 94.9 Å². The molecular formula is C11H14N2OS. The number of hydrogen-bond donors (Lipinski definition) is 1. The molecule has 0 unspecified atom stereocenters. The number of hydrogen-bond acceptors (Lipinski definition) is 2. The van der Waals surface area contributed by atoms with Gasteiger partial charge in [-0.2, -0.15) is 0 Å². The van der Waals surface area contributed by atoms with Gasteiger partial charge in [-0.25, -0.2) is 0 Å². The number of rotatable bonds is 3. The van der Waals surface area contributed by atoms with E-state index in [1.807, 2.05) is 19.1 Å². The average Bonchev–Trinajstić information content (AvgIpc) is 2.17. The SMILES string of the molecule is Cc1ccc(C(=O)N(C)CC(N)=S)cc1. The fourth-order valence-electron chi connectivity index (χ4n) is 1.22. The van der Waals surface area contributed by atoms with Crippen LogP contribution >= 0.6 is 12.2 Å². The van der Waals surface area contributed by atoms with E-state index in [0.717, 1.165) is 5.56 Å². The van der Waals surface area contributed by atoms with Gasteiger partial charge in [0.25, 0.3) is 5.91 Å². The number of carbonyl (C=O) groups excluding carboxylic acids is 1. The van der Waals surface area contributed by atoms with Crippen LogP contribution in [0.2, 0.25) is 0 Å². The summed E-state index contributed by atoms with van der Waals surface area (Å²) in [5.74, 6) is -0.0669. The second kappa shape index (κ2) is 4.89. The van der Waals surface area contributed by atoms with Crippen molar-refractivity contribution in [3.63, 3.8) is 0 Å². The van der Waals surface area contributed by atoms with Gasteiger partial charge in [-0.05, 0) is 19.1 Å². The van der Waals surface area contributed by atoms with Crippen molar-refractivity contribution in [3.05, 3.63) is 35.4 Å². The zero-order valence-corrected chi connectivity index (χ0v) is 9.67. The Morgan fingerprint density at radius 3 is 2.40 bits per heavy atom. The number of likely N-dealkylation sites (N-methyl/N-ethyl adjacent to an activating group) is 1. The molecule has 0 bridgehead atoms. The normalized spacial score (nSPS) is 9.73. The Kier molecular flexibility index (Phi) is 3.80. The molecule has 0 saturated heterocycles. The third kappa shape index (κ3) is 3.32. The molecule has 0 radical (unpaired) electrons. The third-order valence-corrected chi connectivity index (χ3v) is 2.17. The predicted octanol–water partition coefficient (Wildman–Crippen LogP) is 1.35. The minimum Gasteiger partial charge on any atom is -0.392 e. The second-order valence-corrected chi connectivity index (χ2v) is 4.02. The highest BCUT2D eigenvalue weighted by molar-refractivity contribution is 7.80. The van der Waals surface area contributed by atoms with Gasteiger partial charge in [-0.15, -0.1) is 0 Å². The first kappa shape index (κ1) is 11.7. The molecule has 0 aliphatic rings. The molecule has 0 aromatic heterocycles. The number of nitrogens with zero attached hydrogens (tertiary/aromatic N) is 1. The van der Waals surface area contributed by atoms with E-state index in [1.165, 1.54) is 4.90 Å². The lowest BCUT2D eigenvalue weighted by Crippen LogP contribution is -2.34. The van der Waals surface area contributed by atoms with Crippen molar-refractivity contribution >= 4 is 23.1 Å². The first-order valence-electron chi connectivity index (χ1n) is 4.61. The molecule has 0 aliphatic heterocycles. The molecule has 0 aliphatic carbocycles. The van der Waals surface area contributed by atoms with E-state index in [-0.39, 0.29) is 5.91 Å². The quantitative estimate of drug-likeness (QED) is 0.785. The maximum atomic E-state index is 11.8. The van der Waals surface area contributed by atoms with Crippen LogP contribution in [0.5, 0.6) is 0 Å². The van der Waals surface area contributed by atoms with E-state index in [9.17, 15) is 4.79 Å². The van der Waals surface area contributed by atoms with Gasteiger partial charge >= 0.3 is 0 Å². The van der Waals surface area contributed by atoms with Crippen LogP contribution in [0.15, 0.2) is 24.3 Å². The van der Waals surface area contributed by atoms with Crippen molar-refractivity contribution in [1.82, 2.24) is 4.90 Å². The first-order chi connectivity index (χ1) is 7.00. The van der Waals surface area contributed by atoms with Crippen LogP contribution in [0, 0.1) is 6.92 Å². The predicted molar refractivity (Wildman–Crippen MR) is 64.9 cm³/mol. The largest absolute Gasteiger partial charge is 0.392 e. The zero-order chi connectivity index (χ0) is 11.4. The van der Waals surface area contributed by atoms with Crippen molar-refractivity contribution in [3.8, 4) is 0 Å². The Bertz CT molecular complexity index is 373. The molecule has 1 aromatic rings. The van der Waals surface area contributed by atoms with E-state index < -0.39 is 0 Å². The maximum Gasteiger partial charge on any atom is 0.253 e. The Hall–Kier alpha value is -1.42. The van der Waals surface area contributed by atoms with Crippen molar-refractivity contribution in [2.24, 2.45) is 5.73 Å². The van der Waals surface area contributed by atoms with Gasteiger partial charge in [0.05, 0.1) is 11.5 Å². The summed E-state index contributed by atoms with van der Waals surface area (Å²) in [6, 6.07) is 7.41. The van der Waals surface area contributed by atoms with Crippen molar-refractivity contribution in [2.75, 3.05) is 13.6 Å². The van der Waals surface area contributed by atoms with Gasteiger partial charge in [0.2, 0.25) is 0 Å².